The van der Waals surface area contributed by atoms with Crippen LogP contribution in [-0.4, -0.2) is 92.4 Å². The van der Waals surface area contributed by atoms with Crippen LogP contribution in [0.5, 0.6) is 0 Å². The predicted octanol–water partition coefficient (Wildman–Crippen LogP) is -0.919. The van der Waals surface area contributed by atoms with Gasteiger partial charge in [0.05, 0.1) is 30.6 Å². The van der Waals surface area contributed by atoms with Crippen LogP contribution >= 0.6 is 0 Å². The van der Waals surface area contributed by atoms with Gasteiger partial charge in [-0.3, -0.25) is 4.90 Å². The third-order valence-electron chi connectivity index (χ3n) is 5.30. The van der Waals surface area contributed by atoms with Crippen LogP contribution in [0.2, 0.25) is 0 Å². The van der Waals surface area contributed by atoms with Crippen molar-refractivity contribution in [1.82, 2.24) is 14.9 Å². The van der Waals surface area contributed by atoms with Crippen LogP contribution in [0.15, 0.2) is 12.5 Å². The number of piperidine rings is 1. The fraction of sp³-hybridized carbons (Fsp3) is 0.750. The molecule has 152 valence electrons. The Kier molecular flexibility index (Phi) is 5.87. The van der Waals surface area contributed by atoms with Gasteiger partial charge in [-0.15, -0.1) is 0 Å². The van der Waals surface area contributed by atoms with Crippen LogP contribution in [-0.2, 0) is 6.18 Å². The summed E-state index contributed by atoms with van der Waals surface area (Å²) < 4.78 is 39.5. The van der Waals surface area contributed by atoms with Crippen molar-refractivity contribution < 1.29 is 33.6 Å². The molecule has 8 nitrogen and oxygen atoms in total. The molecule has 2 aliphatic heterocycles. The van der Waals surface area contributed by atoms with E-state index >= 15 is 0 Å². The number of aliphatic hydroxyl groups excluding tert-OH is 4. The Morgan fingerprint density at radius 2 is 1.89 bits per heavy atom. The van der Waals surface area contributed by atoms with Crippen molar-refractivity contribution in [3.05, 3.63) is 18.2 Å². The molecule has 0 bridgehead atoms. The van der Waals surface area contributed by atoms with Crippen LogP contribution in [0, 0.1) is 5.92 Å². The Morgan fingerprint density at radius 3 is 2.56 bits per heavy atom. The molecular formula is C16H23F3N4O4. The number of halogens is 3. The normalized spacial score (nSPS) is 32.9. The molecule has 3 heterocycles. The van der Waals surface area contributed by atoms with Crippen molar-refractivity contribution in [3.63, 3.8) is 0 Å². The summed E-state index contributed by atoms with van der Waals surface area (Å²) in [7, 11) is 0. The van der Waals surface area contributed by atoms with E-state index in [1.54, 1.807) is 9.80 Å². The van der Waals surface area contributed by atoms with Crippen molar-refractivity contribution >= 4 is 5.69 Å². The third kappa shape index (κ3) is 4.16. The van der Waals surface area contributed by atoms with E-state index in [1.165, 1.54) is 0 Å². The van der Waals surface area contributed by atoms with E-state index in [0.29, 0.717) is 26.1 Å². The van der Waals surface area contributed by atoms with E-state index in [9.17, 15) is 33.6 Å². The maximum atomic E-state index is 13.2. The van der Waals surface area contributed by atoms with Gasteiger partial charge in [0.1, 0.15) is 18.5 Å². The first-order valence-corrected chi connectivity index (χ1v) is 8.73. The Labute approximate surface area is 153 Å². The Morgan fingerprint density at radius 1 is 1.15 bits per heavy atom. The number of β-amino-alcohol motifs (C(OH)–C–C–N with tert-alkyl or cyclic N) is 1. The molecule has 0 radical (unpaired) electrons. The third-order valence-corrected chi connectivity index (χ3v) is 5.30. The molecule has 2 saturated heterocycles. The Balaban J connectivity index is 1.69. The maximum Gasteiger partial charge on any atom is 0.435 e. The molecule has 4 N–H and O–H groups in total. The second kappa shape index (κ2) is 7.84. The maximum absolute atomic E-state index is 13.2. The zero-order chi connectivity index (χ0) is 19.8. The number of aliphatic hydroxyl groups is 4. The fourth-order valence-electron chi connectivity index (χ4n) is 3.89. The number of anilines is 1. The van der Waals surface area contributed by atoms with E-state index in [4.69, 9.17) is 0 Å². The van der Waals surface area contributed by atoms with Crippen LogP contribution in [0.25, 0.3) is 0 Å². The van der Waals surface area contributed by atoms with Crippen LogP contribution in [0.4, 0.5) is 18.9 Å². The highest BCUT2D eigenvalue weighted by atomic mass is 19.4. The second-order valence-corrected chi connectivity index (χ2v) is 7.11. The molecule has 1 aromatic heterocycles. The highest BCUT2D eigenvalue weighted by molar-refractivity contribution is 5.50. The molecule has 0 saturated carbocycles. The van der Waals surface area contributed by atoms with Crippen molar-refractivity contribution in [2.75, 3.05) is 37.7 Å². The summed E-state index contributed by atoms with van der Waals surface area (Å²) in [4.78, 5) is 10.3. The molecule has 3 rings (SSSR count). The van der Waals surface area contributed by atoms with E-state index in [-0.39, 0.29) is 18.2 Å². The zero-order valence-corrected chi connectivity index (χ0v) is 14.5. The lowest BCUT2D eigenvalue weighted by molar-refractivity contribution is -0.147. The monoisotopic (exact) mass is 392 g/mol. The minimum absolute atomic E-state index is 0.0324. The molecule has 0 aliphatic carbocycles. The average molecular weight is 392 g/mol. The summed E-state index contributed by atoms with van der Waals surface area (Å²) in [6, 6.07) is -0.733. The molecule has 5 atom stereocenters. The van der Waals surface area contributed by atoms with Gasteiger partial charge in [-0.1, -0.05) is 0 Å². The smallest absolute Gasteiger partial charge is 0.395 e. The molecule has 1 aromatic rings. The molecule has 2 fully saturated rings. The summed E-state index contributed by atoms with van der Waals surface area (Å²) in [5.41, 5.74) is -1.04. The fourth-order valence-corrected chi connectivity index (χ4v) is 3.89. The molecule has 0 aromatic carbocycles. The number of hydrogen-bond acceptors (Lipinski definition) is 8. The molecule has 2 aliphatic rings. The van der Waals surface area contributed by atoms with E-state index in [0.717, 1.165) is 12.5 Å². The number of alkyl halides is 3. The number of hydrogen-bond donors (Lipinski definition) is 4. The minimum atomic E-state index is -4.57. The molecule has 0 unspecified atom stereocenters. The summed E-state index contributed by atoms with van der Waals surface area (Å²) in [6.45, 7) is 0.776. The quantitative estimate of drug-likeness (QED) is 0.521. The zero-order valence-electron chi connectivity index (χ0n) is 14.5. The van der Waals surface area contributed by atoms with Gasteiger partial charge in [-0.05, 0) is 12.3 Å². The summed E-state index contributed by atoms with van der Waals surface area (Å²) in [5.74, 6) is -0.0324. The molecule has 11 heteroatoms. The van der Waals surface area contributed by atoms with E-state index < -0.39 is 42.8 Å². The molecular weight excluding hydrogens is 369 g/mol. The number of rotatable bonds is 4. The Bertz CT molecular complexity index is 650. The van der Waals surface area contributed by atoms with Gasteiger partial charge in [0.2, 0.25) is 0 Å². The first-order chi connectivity index (χ1) is 12.7. The first-order valence-electron chi connectivity index (χ1n) is 8.73. The van der Waals surface area contributed by atoms with Gasteiger partial charge in [0, 0.05) is 26.2 Å². The van der Waals surface area contributed by atoms with Crippen LogP contribution < -0.4 is 4.90 Å². The highest BCUT2D eigenvalue weighted by Gasteiger charge is 2.43. The SMILES string of the molecule is OC[C@H]1[C@@H](O)[C@H](O)[C@@H](O)CN1C[C@H]1CCN(c2cncnc2C(F)(F)F)C1. The van der Waals surface area contributed by atoms with Crippen molar-refractivity contribution in [2.45, 2.75) is 37.0 Å². The largest absolute Gasteiger partial charge is 0.435 e. The Hall–Kier alpha value is -1.53. The van der Waals surface area contributed by atoms with Crippen LogP contribution in [0.3, 0.4) is 0 Å². The summed E-state index contributed by atoms with van der Waals surface area (Å²) in [5, 5.41) is 39.2. The average Bonchev–Trinajstić information content (AvgIpc) is 3.08. The highest BCUT2D eigenvalue weighted by Crippen LogP contribution is 2.36. The summed E-state index contributed by atoms with van der Waals surface area (Å²) >= 11 is 0. The van der Waals surface area contributed by atoms with Crippen molar-refractivity contribution in [2.24, 2.45) is 5.92 Å². The second-order valence-electron chi connectivity index (χ2n) is 7.11. The standard InChI is InChI=1S/C16H23F3N4O4/c17-16(18,19)15-10(3-20-8-21-15)22-2-1-9(4-22)5-23-6-12(25)14(27)13(26)11(23)7-24/h3,8-9,11-14,24-27H,1-2,4-7H2/t9-,11-,12-,13+,14+/m0/s1. The molecule has 0 amide bonds. The summed E-state index contributed by atoms with van der Waals surface area (Å²) in [6.07, 6.45) is -5.73. The van der Waals surface area contributed by atoms with Gasteiger partial charge in [0.15, 0.2) is 5.69 Å². The van der Waals surface area contributed by atoms with Gasteiger partial charge >= 0.3 is 6.18 Å². The molecule has 27 heavy (non-hydrogen) atoms. The number of nitrogens with zero attached hydrogens (tertiary/aromatic N) is 4. The lowest BCUT2D eigenvalue weighted by atomic mass is 9.93. The lowest BCUT2D eigenvalue weighted by Gasteiger charge is -2.44. The topological polar surface area (TPSA) is 113 Å². The van der Waals surface area contributed by atoms with E-state index in [2.05, 4.69) is 9.97 Å². The van der Waals surface area contributed by atoms with Crippen LogP contribution in [0.1, 0.15) is 12.1 Å². The minimum Gasteiger partial charge on any atom is -0.395 e. The van der Waals surface area contributed by atoms with Crippen molar-refractivity contribution in [1.29, 1.82) is 0 Å². The van der Waals surface area contributed by atoms with Gasteiger partial charge in [0.25, 0.3) is 0 Å². The number of likely N-dealkylation sites (tertiary alicyclic amines) is 1. The first kappa shape index (κ1) is 20.2. The van der Waals surface area contributed by atoms with Gasteiger partial charge in [-0.2, -0.15) is 13.2 Å². The van der Waals surface area contributed by atoms with Crippen molar-refractivity contribution in [3.8, 4) is 0 Å². The number of aromatic nitrogens is 2. The lowest BCUT2D eigenvalue weighted by Crippen LogP contribution is -2.63. The van der Waals surface area contributed by atoms with Gasteiger partial charge < -0.3 is 25.3 Å². The predicted molar refractivity (Wildman–Crippen MR) is 87.8 cm³/mol. The molecule has 0 spiro atoms. The van der Waals surface area contributed by atoms with E-state index in [1.807, 2.05) is 0 Å². The van der Waals surface area contributed by atoms with Gasteiger partial charge in [-0.25, -0.2) is 9.97 Å².